The summed E-state index contributed by atoms with van der Waals surface area (Å²) in [5, 5.41) is 4.43. The maximum atomic E-state index is 12.5. The lowest BCUT2D eigenvalue weighted by molar-refractivity contribution is -0.135. The number of rotatable bonds is 3. The van der Waals surface area contributed by atoms with Gasteiger partial charge in [0.2, 0.25) is 5.91 Å². The second-order valence-electron chi connectivity index (χ2n) is 5.48. The van der Waals surface area contributed by atoms with Crippen LogP contribution in [0.25, 0.3) is 0 Å². The molecule has 1 aromatic rings. The molecule has 0 bridgehead atoms. The fourth-order valence-corrected chi connectivity index (χ4v) is 3.05. The summed E-state index contributed by atoms with van der Waals surface area (Å²) >= 11 is 12.2. The van der Waals surface area contributed by atoms with Crippen LogP contribution in [0.5, 0.6) is 0 Å². The number of nitrogens with one attached hydrogen (secondary N) is 1. The van der Waals surface area contributed by atoms with Gasteiger partial charge in [-0.1, -0.05) is 35.3 Å². The third kappa shape index (κ3) is 4.75. The monoisotopic (exact) mass is 350 g/mol. The molecular formula is C15H21Cl3N2O. The number of amides is 1. The lowest BCUT2D eigenvalue weighted by Crippen LogP contribution is -2.42. The van der Waals surface area contributed by atoms with E-state index in [0.29, 0.717) is 22.6 Å². The smallest absolute Gasteiger partial charge is 0.225 e. The molecule has 1 fully saturated rings. The van der Waals surface area contributed by atoms with Crippen LogP contribution in [-0.4, -0.2) is 30.4 Å². The van der Waals surface area contributed by atoms with Crippen molar-refractivity contribution < 1.29 is 4.79 Å². The Morgan fingerprint density at radius 2 is 2.14 bits per heavy atom. The molecular weight excluding hydrogens is 331 g/mol. The number of carbonyl (C=O) groups is 1. The number of hydrogen-bond donors (Lipinski definition) is 1. The molecule has 1 aliphatic rings. The van der Waals surface area contributed by atoms with Gasteiger partial charge >= 0.3 is 0 Å². The van der Waals surface area contributed by atoms with E-state index in [0.717, 1.165) is 24.9 Å². The first kappa shape index (κ1) is 18.6. The van der Waals surface area contributed by atoms with Crippen molar-refractivity contribution in [1.29, 1.82) is 0 Å². The molecule has 0 radical (unpaired) electrons. The fraction of sp³-hybridized carbons (Fsp3) is 0.533. The standard InChI is InChI=1S/C15H20Cl2N2O.ClH/c1-10-8-11(6-7-18-10)15(20)19(2)9-12-4-3-5-13(16)14(12)17;/h3-5,10-11,18H,6-9H2,1-2H3;1H/t10-,11-;/m0./s1. The molecule has 3 nitrogen and oxygen atoms in total. The predicted octanol–water partition coefficient (Wildman–Crippen LogP) is 3.76. The molecule has 0 spiro atoms. The average Bonchev–Trinajstić information content (AvgIpc) is 2.43. The highest BCUT2D eigenvalue weighted by Crippen LogP contribution is 2.27. The second-order valence-corrected chi connectivity index (χ2v) is 6.27. The number of benzene rings is 1. The minimum absolute atomic E-state index is 0. The Hall–Kier alpha value is -0.480. The van der Waals surface area contributed by atoms with Crippen molar-refractivity contribution in [3.05, 3.63) is 33.8 Å². The topological polar surface area (TPSA) is 32.3 Å². The molecule has 0 saturated carbocycles. The first-order valence-electron chi connectivity index (χ1n) is 6.90. The molecule has 0 unspecified atom stereocenters. The van der Waals surface area contributed by atoms with Crippen LogP contribution in [0.1, 0.15) is 25.3 Å². The van der Waals surface area contributed by atoms with Crippen LogP contribution >= 0.6 is 35.6 Å². The van der Waals surface area contributed by atoms with Crippen molar-refractivity contribution in [2.45, 2.75) is 32.4 Å². The lowest BCUT2D eigenvalue weighted by atomic mass is 9.92. The number of hydrogen-bond acceptors (Lipinski definition) is 2. The summed E-state index contributed by atoms with van der Waals surface area (Å²) in [4.78, 5) is 14.2. The van der Waals surface area contributed by atoms with Crippen molar-refractivity contribution >= 4 is 41.5 Å². The van der Waals surface area contributed by atoms with Gasteiger partial charge in [0.15, 0.2) is 0 Å². The molecule has 118 valence electrons. The van der Waals surface area contributed by atoms with Crippen LogP contribution in [0.4, 0.5) is 0 Å². The van der Waals surface area contributed by atoms with Crippen molar-refractivity contribution in [3.8, 4) is 0 Å². The van der Waals surface area contributed by atoms with E-state index in [2.05, 4.69) is 12.2 Å². The summed E-state index contributed by atoms with van der Waals surface area (Å²) in [6.07, 6.45) is 1.79. The quantitative estimate of drug-likeness (QED) is 0.899. The van der Waals surface area contributed by atoms with Gasteiger partial charge in [-0.05, 0) is 37.9 Å². The van der Waals surface area contributed by atoms with Crippen LogP contribution < -0.4 is 5.32 Å². The van der Waals surface area contributed by atoms with E-state index in [1.807, 2.05) is 19.2 Å². The normalized spacial score (nSPS) is 21.5. The maximum Gasteiger partial charge on any atom is 0.225 e. The predicted molar refractivity (Wildman–Crippen MR) is 90.4 cm³/mol. The van der Waals surface area contributed by atoms with Gasteiger partial charge in [-0.2, -0.15) is 0 Å². The average molecular weight is 352 g/mol. The Morgan fingerprint density at radius 1 is 1.43 bits per heavy atom. The summed E-state index contributed by atoms with van der Waals surface area (Å²) in [5.74, 6) is 0.295. The molecule has 1 aliphatic heterocycles. The summed E-state index contributed by atoms with van der Waals surface area (Å²) in [7, 11) is 1.83. The SMILES string of the molecule is C[C@H]1C[C@@H](C(=O)N(C)Cc2cccc(Cl)c2Cl)CCN1.Cl. The minimum atomic E-state index is 0. The highest BCUT2D eigenvalue weighted by atomic mass is 35.5. The van der Waals surface area contributed by atoms with Gasteiger partial charge in [-0.3, -0.25) is 4.79 Å². The van der Waals surface area contributed by atoms with Gasteiger partial charge in [0.25, 0.3) is 0 Å². The molecule has 0 aliphatic carbocycles. The Morgan fingerprint density at radius 3 is 2.81 bits per heavy atom. The van der Waals surface area contributed by atoms with Crippen molar-refractivity contribution in [2.75, 3.05) is 13.6 Å². The molecule has 1 saturated heterocycles. The Bertz CT molecular complexity index is 496. The number of piperidine rings is 1. The van der Waals surface area contributed by atoms with Crippen molar-refractivity contribution in [2.24, 2.45) is 5.92 Å². The molecule has 1 aromatic carbocycles. The largest absolute Gasteiger partial charge is 0.341 e. The van der Waals surface area contributed by atoms with Gasteiger partial charge in [-0.25, -0.2) is 0 Å². The zero-order valence-electron chi connectivity index (χ0n) is 12.2. The van der Waals surface area contributed by atoms with E-state index in [4.69, 9.17) is 23.2 Å². The molecule has 2 rings (SSSR count). The summed E-state index contributed by atoms with van der Waals surface area (Å²) in [6, 6.07) is 5.92. The van der Waals surface area contributed by atoms with Crippen LogP contribution in [0, 0.1) is 5.92 Å². The minimum Gasteiger partial charge on any atom is -0.341 e. The third-order valence-electron chi connectivity index (χ3n) is 3.79. The third-order valence-corrected chi connectivity index (χ3v) is 4.65. The van der Waals surface area contributed by atoms with Crippen LogP contribution in [0.2, 0.25) is 10.0 Å². The van der Waals surface area contributed by atoms with Gasteiger partial charge in [0.05, 0.1) is 10.0 Å². The van der Waals surface area contributed by atoms with Crippen LogP contribution in [0.3, 0.4) is 0 Å². The van der Waals surface area contributed by atoms with Gasteiger partial charge < -0.3 is 10.2 Å². The number of nitrogens with zero attached hydrogens (tertiary/aromatic N) is 1. The summed E-state index contributed by atoms with van der Waals surface area (Å²) in [5.41, 5.74) is 0.886. The molecule has 1 heterocycles. The number of carbonyl (C=O) groups excluding carboxylic acids is 1. The molecule has 0 aromatic heterocycles. The van der Waals surface area contributed by atoms with E-state index in [1.54, 1.807) is 11.0 Å². The second kappa shape index (κ2) is 8.23. The lowest BCUT2D eigenvalue weighted by Gasteiger charge is -2.30. The van der Waals surface area contributed by atoms with E-state index in [1.165, 1.54) is 0 Å². The first-order valence-corrected chi connectivity index (χ1v) is 7.66. The van der Waals surface area contributed by atoms with E-state index >= 15 is 0 Å². The highest BCUT2D eigenvalue weighted by Gasteiger charge is 2.27. The van der Waals surface area contributed by atoms with Gasteiger partial charge in [0, 0.05) is 25.6 Å². The molecule has 6 heteroatoms. The zero-order valence-corrected chi connectivity index (χ0v) is 14.6. The van der Waals surface area contributed by atoms with Crippen molar-refractivity contribution in [3.63, 3.8) is 0 Å². The van der Waals surface area contributed by atoms with E-state index < -0.39 is 0 Å². The Kier molecular flexibility index (Phi) is 7.28. The Labute approximate surface area is 142 Å². The molecule has 1 N–H and O–H groups in total. The molecule has 2 atom stereocenters. The number of halogens is 3. The first-order chi connectivity index (χ1) is 9.49. The summed E-state index contributed by atoms with van der Waals surface area (Å²) in [6.45, 7) is 3.52. The van der Waals surface area contributed by atoms with Crippen molar-refractivity contribution in [1.82, 2.24) is 10.2 Å². The highest BCUT2D eigenvalue weighted by molar-refractivity contribution is 6.42. The maximum absolute atomic E-state index is 12.5. The zero-order chi connectivity index (χ0) is 14.7. The van der Waals surface area contributed by atoms with Crippen LogP contribution in [0.15, 0.2) is 18.2 Å². The van der Waals surface area contributed by atoms with Crippen LogP contribution in [-0.2, 0) is 11.3 Å². The van der Waals surface area contributed by atoms with Gasteiger partial charge in [-0.15, -0.1) is 12.4 Å². The molecule has 1 amide bonds. The fourth-order valence-electron chi connectivity index (χ4n) is 2.67. The summed E-state index contributed by atoms with van der Waals surface area (Å²) < 4.78 is 0. The van der Waals surface area contributed by atoms with E-state index in [9.17, 15) is 4.79 Å². The molecule has 21 heavy (non-hydrogen) atoms. The Balaban J connectivity index is 0.00000220. The van der Waals surface area contributed by atoms with Gasteiger partial charge in [0.1, 0.15) is 0 Å². The van der Waals surface area contributed by atoms with E-state index in [-0.39, 0.29) is 24.2 Å².